The van der Waals surface area contributed by atoms with Crippen molar-refractivity contribution in [2.24, 2.45) is 17.3 Å². The van der Waals surface area contributed by atoms with Crippen LogP contribution in [-0.2, 0) is 36.7 Å². The van der Waals surface area contributed by atoms with Crippen molar-refractivity contribution in [3.05, 3.63) is 83.6 Å². The molecule has 0 spiro atoms. The van der Waals surface area contributed by atoms with Crippen LogP contribution in [0.1, 0.15) is 106 Å². The number of hydrogen-bond acceptors (Lipinski definition) is 5. The molecule has 4 nitrogen and oxygen atoms in total. The Morgan fingerprint density at radius 2 is 1.48 bits per heavy atom. The topological polar surface area (TPSA) is 63.1 Å². The van der Waals surface area contributed by atoms with Gasteiger partial charge in [0.15, 0.2) is 5.78 Å². The van der Waals surface area contributed by atoms with Gasteiger partial charge < -0.3 is 5.11 Å². The standard InChI is InChI=1S/C29H29N2S.C13H24O2.Ir/c1-28(2,3)17-19-11-9-13-22-26-25(32-27(19)22)16-24(30-31-26)20-14-18-10-7-8-12-21(18)23(15-20)29(4,5)6;1-5-10(6-2)12(14)9-13(15)11(7-3)8-4;/h7-13,15-16H,17H2,1-6H3;9-11,14H,5-8H2,1-4H3;/q-1;;/b;12-9-;. The van der Waals surface area contributed by atoms with Gasteiger partial charge in [-0.05, 0) is 54.6 Å². The van der Waals surface area contributed by atoms with E-state index in [1.807, 2.05) is 39.0 Å². The molecule has 3 aromatic carbocycles. The molecule has 0 atom stereocenters. The predicted octanol–water partition coefficient (Wildman–Crippen LogP) is 12.2. The second kappa shape index (κ2) is 16.7. The normalized spacial score (nSPS) is 12.5. The molecule has 1 N–H and O–H groups in total. The Balaban J connectivity index is 0.000000334. The first-order chi connectivity index (χ1) is 22.2. The molecular weight excluding hydrogens is 789 g/mol. The fourth-order valence-corrected chi connectivity index (χ4v) is 7.44. The van der Waals surface area contributed by atoms with E-state index in [1.54, 1.807) is 0 Å². The maximum atomic E-state index is 11.7. The molecule has 2 aromatic heterocycles. The van der Waals surface area contributed by atoms with Gasteiger partial charge in [-0.2, -0.15) is 10.2 Å². The quantitative estimate of drug-likeness (QED) is 0.0912. The molecule has 2 heterocycles. The van der Waals surface area contributed by atoms with E-state index >= 15 is 0 Å². The molecule has 6 heteroatoms. The molecule has 5 aromatic rings. The Morgan fingerprint density at radius 3 is 2.08 bits per heavy atom. The molecule has 0 bridgehead atoms. The second-order valence-electron chi connectivity index (χ2n) is 15.0. The van der Waals surface area contributed by atoms with E-state index in [9.17, 15) is 9.90 Å². The van der Waals surface area contributed by atoms with Crippen LogP contribution in [0.5, 0.6) is 0 Å². The van der Waals surface area contributed by atoms with E-state index in [2.05, 4.69) is 107 Å². The van der Waals surface area contributed by atoms with E-state index in [0.29, 0.717) is 0 Å². The van der Waals surface area contributed by atoms with Gasteiger partial charge in [0.25, 0.3) is 0 Å². The van der Waals surface area contributed by atoms with E-state index in [0.717, 1.165) is 54.3 Å². The van der Waals surface area contributed by atoms with Gasteiger partial charge in [-0.15, -0.1) is 40.5 Å². The summed E-state index contributed by atoms with van der Waals surface area (Å²) in [6.45, 7) is 21.7. The van der Waals surface area contributed by atoms with Crippen molar-refractivity contribution in [3.8, 4) is 11.3 Å². The predicted molar refractivity (Wildman–Crippen MR) is 202 cm³/mol. The number of rotatable bonds is 9. The monoisotopic (exact) mass is 842 g/mol. The molecule has 0 fully saturated rings. The molecular formula is C42H53IrN2O2S-. The van der Waals surface area contributed by atoms with Crippen LogP contribution >= 0.6 is 11.3 Å². The number of aliphatic hydroxyl groups is 1. The zero-order valence-electron chi connectivity index (χ0n) is 30.5. The van der Waals surface area contributed by atoms with Crippen LogP contribution in [0.4, 0.5) is 0 Å². The number of hydrogen-bond donors (Lipinski definition) is 1. The van der Waals surface area contributed by atoms with Crippen LogP contribution < -0.4 is 0 Å². The summed E-state index contributed by atoms with van der Waals surface area (Å²) >= 11 is 1.83. The van der Waals surface area contributed by atoms with Gasteiger partial charge in [0.05, 0.1) is 10.5 Å². The fourth-order valence-electron chi connectivity index (χ4n) is 6.25. The Hall–Kier alpha value is -2.92. The summed E-state index contributed by atoms with van der Waals surface area (Å²) in [6.07, 6.45) is 5.95. The van der Waals surface area contributed by atoms with Crippen molar-refractivity contribution in [2.75, 3.05) is 0 Å². The SMILES string of the molecule is CC(C)(C)Cc1cccc2c1sc1cc(-c3[c-]c4ccccc4c(C(C)(C)C)c3)nnc12.CCC(CC)C(=O)/C=C(\O)C(CC)CC.[Ir]. The number of ketones is 1. The number of fused-ring (bicyclic) bond motifs is 4. The van der Waals surface area contributed by atoms with E-state index in [4.69, 9.17) is 5.10 Å². The molecule has 48 heavy (non-hydrogen) atoms. The van der Waals surface area contributed by atoms with Crippen molar-refractivity contribution in [3.63, 3.8) is 0 Å². The molecule has 0 unspecified atom stereocenters. The van der Waals surface area contributed by atoms with Crippen molar-refractivity contribution >= 4 is 48.2 Å². The zero-order chi connectivity index (χ0) is 34.5. The Kier molecular flexibility index (Phi) is 13.7. The number of carbonyl (C=O) groups is 1. The van der Waals surface area contributed by atoms with Gasteiger partial charge in [-0.1, -0.05) is 117 Å². The molecule has 0 aliphatic heterocycles. The number of nitrogens with zero attached hydrogens (tertiary/aromatic N) is 2. The molecule has 0 aliphatic carbocycles. The van der Waals surface area contributed by atoms with Crippen LogP contribution in [0.15, 0.2) is 66.4 Å². The molecule has 259 valence electrons. The number of thiophene rings is 1. The van der Waals surface area contributed by atoms with Crippen LogP contribution in [0.25, 0.3) is 42.3 Å². The molecule has 0 aliphatic rings. The first-order valence-electron chi connectivity index (χ1n) is 17.3. The van der Waals surface area contributed by atoms with Crippen molar-refractivity contribution in [1.29, 1.82) is 0 Å². The third kappa shape index (κ3) is 9.40. The van der Waals surface area contributed by atoms with Crippen molar-refractivity contribution in [1.82, 2.24) is 10.2 Å². The first kappa shape index (κ1) is 39.5. The maximum Gasteiger partial charge on any atom is 0.162 e. The first-order valence-corrected chi connectivity index (χ1v) is 18.1. The smallest absolute Gasteiger partial charge is 0.162 e. The zero-order valence-corrected chi connectivity index (χ0v) is 33.7. The Bertz CT molecular complexity index is 1870. The van der Waals surface area contributed by atoms with Crippen molar-refractivity contribution < 1.29 is 30.0 Å². The minimum absolute atomic E-state index is 0. The Labute approximate surface area is 305 Å². The maximum absolute atomic E-state index is 11.7. The Morgan fingerprint density at radius 1 is 0.854 bits per heavy atom. The van der Waals surface area contributed by atoms with Crippen LogP contribution in [0.2, 0.25) is 0 Å². The number of carbonyl (C=O) groups excluding carboxylic acids is 1. The summed E-state index contributed by atoms with van der Waals surface area (Å²) in [6, 6.07) is 23.1. The van der Waals surface area contributed by atoms with Crippen molar-refractivity contribution in [2.45, 2.75) is 107 Å². The minimum atomic E-state index is 0. The third-order valence-electron chi connectivity index (χ3n) is 8.98. The van der Waals surface area contributed by atoms with E-state index in [-0.39, 0.29) is 54.3 Å². The molecule has 0 saturated heterocycles. The third-order valence-corrected chi connectivity index (χ3v) is 10.2. The molecule has 0 amide bonds. The van der Waals surface area contributed by atoms with Gasteiger partial charge in [0.2, 0.25) is 0 Å². The van der Waals surface area contributed by atoms with Gasteiger partial charge in [-0.3, -0.25) is 4.79 Å². The fraction of sp³-hybridized carbons (Fsp3) is 0.452. The van der Waals surface area contributed by atoms with Gasteiger partial charge >= 0.3 is 0 Å². The van der Waals surface area contributed by atoms with E-state index in [1.165, 1.54) is 37.4 Å². The number of aliphatic hydroxyl groups excluding tert-OH is 1. The molecule has 5 rings (SSSR count). The number of benzene rings is 3. The van der Waals surface area contributed by atoms with Gasteiger partial charge in [0.1, 0.15) is 5.52 Å². The number of allylic oxidation sites excluding steroid dienone is 2. The average molecular weight is 842 g/mol. The second-order valence-corrected chi connectivity index (χ2v) is 16.0. The largest absolute Gasteiger partial charge is 0.512 e. The summed E-state index contributed by atoms with van der Waals surface area (Å²) in [5.74, 6) is 0.547. The molecule has 0 saturated carbocycles. The minimum Gasteiger partial charge on any atom is -0.512 e. The molecule has 1 radical (unpaired) electrons. The van der Waals surface area contributed by atoms with Gasteiger partial charge in [0, 0.05) is 53.8 Å². The average Bonchev–Trinajstić information content (AvgIpc) is 3.40. The van der Waals surface area contributed by atoms with Gasteiger partial charge in [-0.25, -0.2) is 0 Å². The number of aromatic nitrogens is 2. The summed E-state index contributed by atoms with van der Waals surface area (Å²) in [5, 5.41) is 22.7. The summed E-state index contributed by atoms with van der Waals surface area (Å²) in [4.78, 5) is 11.7. The van der Waals surface area contributed by atoms with Crippen LogP contribution in [0.3, 0.4) is 0 Å². The van der Waals surface area contributed by atoms with Crippen LogP contribution in [-0.4, -0.2) is 21.1 Å². The van der Waals surface area contributed by atoms with E-state index < -0.39 is 0 Å². The summed E-state index contributed by atoms with van der Waals surface area (Å²) in [5.41, 5.74) is 5.87. The summed E-state index contributed by atoms with van der Waals surface area (Å²) in [7, 11) is 0. The summed E-state index contributed by atoms with van der Waals surface area (Å²) < 4.78 is 2.52. The van der Waals surface area contributed by atoms with Crippen LogP contribution in [0, 0.1) is 23.3 Å².